The van der Waals surface area contributed by atoms with Crippen LogP contribution in [0.15, 0.2) is 48.5 Å². The van der Waals surface area contributed by atoms with Gasteiger partial charge in [0.2, 0.25) is 5.91 Å². The van der Waals surface area contributed by atoms with Gasteiger partial charge in [0.1, 0.15) is 11.6 Å². The Balaban J connectivity index is 0.000000542. The summed E-state index contributed by atoms with van der Waals surface area (Å²) in [5.74, 6) is -2.42. The van der Waals surface area contributed by atoms with Crippen molar-refractivity contribution >= 4 is 17.8 Å². The van der Waals surface area contributed by atoms with E-state index in [-0.39, 0.29) is 24.1 Å². The second-order valence-electron chi connectivity index (χ2n) is 12.6. The Morgan fingerprint density at radius 1 is 0.896 bits per heavy atom. The molecule has 0 aliphatic carbocycles. The Morgan fingerprint density at radius 3 is 1.96 bits per heavy atom. The Labute approximate surface area is 281 Å². The van der Waals surface area contributed by atoms with Gasteiger partial charge in [-0.3, -0.25) is 4.79 Å². The first-order chi connectivity index (χ1) is 22.8. The average Bonchev–Trinajstić information content (AvgIpc) is 3.07. The molecule has 0 bridgehead atoms. The summed E-state index contributed by atoms with van der Waals surface area (Å²) in [4.78, 5) is 37.7. The number of ether oxygens (including phenoxy) is 3. The van der Waals surface area contributed by atoms with Crippen molar-refractivity contribution in [1.82, 2.24) is 9.80 Å². The number of carbonyl (C=O) groups excluding carboxylic acids is 1. The van der Waals surface area contributed by atoms with Crippen LogP contribution in [0.1, 0.15) is 57.6 Å². The van der Waals surface area contributed by atoms with Gasteiger partial charge in [0.25, 0.3) is 0 Å². The number of amides is 1. The van der Waals surface area contributed by atoms with Gasteiger partial charge in [-0.2, -0.15) is 0 Å². The number of halogens is 1. The zero-order valence-corrected chi connectivity index (χ0v) is 27.9. The molecule has 2 saturated heterocycles. The third-order valence-electron chi connectivity index (χ3n) is 8.25. The van der Waals surface area contributed by atoms with Crippen LogP contribution in [0.3, 0.4) is 0 Å². The molecule has 1 amide bonds. The molecule has 266 valence electrons. The molecule has 2 aliphatic heterocycles. The second kappa shape index (κ2) is 19.4. The lowest BCUT2D eigenvalue weighted by molar-refractivity contribution is -0.187. The van der Waals surface area contributed by atoms with E-state index in [4.69, 9.17) is 34.6 Å². The number of hydrogen-bond acceptors (Lipinski definition) is 9. The Bertz CT molecular complexity index is 1260. The number of aliphatic hydroxyl groups is 2. The van der Waals surface area contributed by atoms with E-state index in [9.17, 15) is 18.8 Å². The van der Waals surface area contributed by atoms with Crippen LogP contribution < -0.4 is 4.74 Å². The fraction of sp³-hybridized carbons (Fsp3) is 0.571. The number of carboxylic acids is 2. The van der Waals surface area contributed by atoms with Crippen molar-refractivity contribution < 1.29 is 53.4 Å². The van der Waals surface area contributed by atoms with Crippen molar-refractivity contribution in [2.45, 2.75) is 90.0 Å². The SMILES string of the molecule is CC(C)COc1ccc(CC(=O)N(Cc2ccc(F)cc2)C2CCN(C(C)CC3OCCCO3)CC2)cc1.O=C(O)[C@H](O)[C@@H](O)C(=O)O. The highest BCUT2D eigenvalue weighted by Gasteiger charge is 2.31. The Hall–Kier alpha value is -3.62. The molecule has 2 aliphatic rings. The molecule has 2 heterocycles. The molecular weight excluding hydrogens is 627 g/mol. The second-order valence-corrected chi connectivity index (χ2v) is 12.6. The van der Waals surface area contributed by atoms with Gasteiger partial charge in [0.05, 0.1) is 26.2 Å². The highest BCUT2D eigenvalue weighted by Crippen LogP contribution is 2.24. The minimum atomic E-state index is -2.27. The molecular formula is C35H49FN2O10. The third-order valence-corrected chi connectivity index (χ3v) is 8.25. The Morgan fingerprint density at radius 2 is 1.44 bits per heavy atom. The molecule has 4 N–H and O–H groups in total. The first-order valence-corrected chi connectivity index (χ1v) is 16.4. The normalized spacial score (nSPS) is 17.9. The van der Waals surface area contributed by atoms with Crippen LogP contribution in [-0.4, -0.2) is 112 Å². The number of aliphatic hydroxyl groups excluding tert-OH is 2. The largest absolute Gasteiger partial charge is 0.493 e. The van der Waals surface area contributed by atoms with Gasteiger partial charge < -0.3 is 44.4 Å². The number of carbonyl (C=O) groups is 3. The molecule has 2 aromatic carbocycles. The molecule has 12 nitrogen and oxygen atoms in total. The van der Waals surface area contributed by atoms with Crippen LogP contribution in [0.25, 0.3) is 0 Å². The average molecular weight is 677 g/mol. The summed E-state index contributed by atoms with van der Waals surface area (Å²) in [7, 11) is 0. The summed E-state index contributed by atoms with van der Waals surface area (Å²) in [6, 6.07) is 14.8. The molecule has 0 aromatic heterocycles. The first-order valence-electron chi connectivity index (χ1n) is 16.4. The lowest BCUT2D eigenvalue weighted by Crippen LogP contribution is -2.50. The third kappa shape index (κ3) is 12.8. The lowest BCUT2D eigenvalue weighted by atomic mass is 9.99. The van der Waals surface area contributed by atoms with Gasteiger partial charge in [-0.1, -0.05) is 38.1 Å². The predicted octanol–water partition coefficient (Wildman–Crippen LogP) is 3.32. The number of carboxylic acid groups (broad SMARTS) is 2. The lowest BCUT2D eigenvalue weighted by Gasteiger charge is -2.41. The van der Waals surface area contributed by atoms with E-state index in [0.717, 1.165) is 68.9 Å². The van der Waals surface area contributed by atoms with Gasteiger partial charge in [-0.15, -0.1) is 0 Å². The molecule has 48 heavy (non-hydrogen) atoms. The highest BCUT2D eigenvalue weighted by molar-refractivity contribution is 5.83. The minimum absolute atomic E-state index is 0.0978. The first kappa shape index (κ1) is 38.8. The van der Waals surface area contributed by atoms with E-state index in [1.807, 2.05) is 29.2 Å². The maximum atomic E-state index is 13.6. The van der Waals surface area contributed by atoms with E-state index < -0.39 is 24.1 Å². The molecule has 0 radical (unpaired) electrons. The van der Waals surface area contributed by atoms with Gasteiger partial charge in [0.15, 0.2) is 18.5 Å². The number of benzene rings is 2. The van der Waals surface area contributed by atoms with E-state index in [1.54, 1.807) is 12.1 Å². The van der Waals surface area contributed by atoms with E-state index in [0.29, 0.717) is 31.5 Å². The molecule has 2 aromatic rings. The maximum Gasteiger partial charge on any atom is 0.335 e. The number of likely N-dealkylation sites (tertiary alicyclic amines) is 1. The maximum absolute atomic E-state index is 13.6. The van der Waals surface area contributed by atoms with Crippen LogP contribution in [0.5, 0.6) is 5.75 Å². The summed E-state index contributed by atoms with van der Waals surface area (Å²) in [6.07, 6.45) is -0.676. The van der Waals surface area contributed by atoms with E-state index in [1.165, 1.54) is 12.1 Å². The van der Waals surface area contributed by atoms with Crippen LogP contribution in [0, 0.1) is 11.7 Å². The van der Waals surface area contributed by atoms with Crippen LogP contribution in [-0.2, 0) is 36.8 Å². The highest BCUT2D eigenvalue weighted by atomic mass is 19.1. The molecule has 3 atom stereocenters. The van der Waals surface area contributed by atoms with Crippen molar-refractivity contribution in [2.75, 3.05) is 32.9 Å². The van der Waals surface area contributed by atoms with Gasteiger partial charge in [-0.25, -0.2) is 14.0 Å². The summed E-state index contributed by atoms with van der Waals surface area (Å²) in [5.41, 5.74) is 1.91. The number of hydrogen-bond donors (Lipinski definition) is 4. The summed E-state index contributed by atoms with van der Waals surface area (Å²) in [6.45, 7) is 11.0. The summed E-state index contributed by atoms with van der Waals surface area (Å²) in [5, 5.41) is 32.5. The number of nitrogens with zero attached hydrogens (tertiary/aromatic N) is 2. The van der Waals surface area contributed by atoms with E-state index in [2.05, 4.69) is 25.7 Å². The zero-order valence-electron chi connectivity index (χ0n) is 27.9. The van der Waals surface area contributed by atoms with Gasteiger partial charge >= 0.3 is 11.9 Å². The smallest absolute Gasteiger partial charge is 0.335 e. The van der Waals surface area contributed by atoms with Crippen LogP contribution in [0.4, 0.5) is 4.39 Å². The quantitative estimate of drug-likeness (QED) is 0.232. The van der Waals surface area contributed by atoms with Crippen molar-refractivity contribution in [3.63, 3.8) is 0 Å². The fourth-order valence-corrected chi connectivity index (χ4v) is 5.46. The molecule has 13 heteroatoms. The van der Waals surface area contributed by atoms with Crippen molar-refractivity contribution in [1.29, 1.82) is 0 Å². The van der Waals surface area contributed by atoms with Crippen molar-refractivity contribution in [3.8, 4) is 5.75 Å². The van der Waals surface area contributed by atoms with Gasteiger partial charge in [0, 0.05) is 38.1 Å². The topological polar surface area (TPSA) is 166 Å². The van der Waals surface area contributed by atoms with Crippen LogP contribution >= 0.6 is 0 Å². The number of piperidine rings is 1. The zero-order chi connectivity index (χ0) is 35.2. The van der Waals surface area contributed by atoms with Crippen molar-refractivity contribution in [2.24, 2.45) is 5.92 Å². The molecule has 2 fully saturated rings. The molecule has 0 spiro atoms. The van der Waals surface area contributed by atoms with E-state index >= 15 is 0 Å². The number of aliphatic carboxylic acids is 2. The summed E-state index contributed by atoms with van der Waals surface area (Å²) >= 11 is 0. The summed E-state index contributed by atoms with van der Waals surface area (Å²) < 4.78 is 30.8. The van der Waals surface area contributed by atoms with Gasteiger partial charge in [-0.05, 0) is 67.5 Å². The molecule has 0 saturated carbocycles. The standard InChI is InChI=1S/C31H43FN2O4.C4H6O6/c1-23(2)22-38-29-11-7-25(8-12-29)20-30(35)34(21-26-5-9-27(32)10-6-26)28-13-15-33(16-14-28)24(3)19-31-36-17-4-18-37-31;5-1(3(7)8)2(6)4(9)10/h5-12,23-24,28,31H,4,13-22H2,1-3H3;1-2,5-6H,(H,7,8)(H,9,10)/t;1-,2-/m.1/s1. The Kier molecular flexibility index (Phi) is 15.7. The van der Waals surface area contributed by atoms with Crippen molar-refractivity contribution in [3.05, 3.63) is 65.5 Å². The van der Waals surface area contributed by atoms with Crippen LogP contribution in [0.2, 0.25) is 0 Å². The molecule has 1 unspecified atom stereocenters. The number of rotatable bonds is 14. The predicted molar refractivity (Wildman–Crippen MR) is 174 cm³/mol. The fourth-order valence-electron chi connectivity index (χ4n) is 5.46. The monoisotopic (exact) mass is 676 g/mol. The molecule has 4 rings (SSSR count). The minimum Gasteiger partial charge on any atom is -0.493 e.